The first-order valence-electron chi connectivity index (χ1n) is 9.85. The van der Waals surface area contributed by atoms with E-state index in [1.165, 1.54) is 11.6 Å². The van der Waals surface area contributed by atoms with E-state index in [1.807, 2.05) is 41.6 Å². The second-order valence-corrected chi connectivity index (χ2v) is 7.77. The maximum atomic E-state index is 13.0. The number of hydrazone groups is 1. The third-order valence-corrected chi connectivity index (χ3v) is 5.97. The second kappa shape index (κ2) is 6.41. The number of hydrogen-bond acceptors (Lipinski definition) is 5. The Balaban J connectivity index is 1.75. The first-order chi connectivity index (χ1) is 14.4. The second-order valence-electron chi connectivity index (χ2n) is 7.77. The molecule has 3 heterocycles. The SMILES string of the molecule is CC1=NN(Cc2cccc3ccccc23)c2nc3c(c(=O)n(C)c(=O)n3C)n2[C@@H]1C. The van der Waals surface area contributed by atoms with Crippen LogP contribution in [0.25, 0.3) is 21.9 Å². The molecule has 1 aliphatic heterocycles. The number of fused-ring (bicyclic) bond motifs is 4. The summed E-state index contributed by atoms with van der Waals surface area (Å²) < 4.78 is 4.44. The van der Waals surface area contributed by atoms with Crippen molar-refractivity contribution >= 4 is 33.6 Å². The molecule has 8 heteroatoms. The first kappa shape index (κ1) is 18.4. The van der Waals surface area contributed by atoms with Crippen molar-refractivity contribution in [1.82, 2.24) is 18.7 Å². The molecule has 1 atom stereocenters. The molecule has 8 nitrogen and oxygen atoms in total. The van der Waals surface area contributed by atoms with Crippen molar-refractivity contribution < 1.29 is 0 Å². The minimum Gasteiger partial charge on any atom is -0.294 e. The van der Waals surface area contributed by atoms with Crippen molar-refractivity contribution in [3.8, 4) is 0 Å². The third-order valence-electron chi connectivity index (χ3n) is 5.97. The molecule has 0 fully saturated rings. The van der Waals surface area contributed by atoms with E-state index in [0.717, 1.165) is 26.6 Å². The van der Waals surface area contributed by atoms with Gasteiger partial charge in [-0.05, 0) is 30.2 Å². The number of hydrogen-bond donors (Lipinski definition) is 0. The fourth-order valence-corrected chi connectivity index (χ4v) is 4.16. The molecule has 2 aromatic heterocycles. The lowest BCUT2D eigenvalue weighted by Crippen LogP contribution is -2.38. The van der Waals surface area contributed by atoms with Crippen LogP contribution in [0.3, 0.4) is 0 Å². The molecule has 0 radical (unpaired) electrons. The number of anilines is 1. The molecular weight excluding hydrogens is 380 g/mol. The number of nitrogens with zero attached hydrogens (tertiary/aromatic N) is 6. The maximum Gasteiger partial charge on any atom is 0.332 e. The molecule has 2 aromatic carbocycles. The molecule has 0 N–H and O–H groups in total. The summed E-state index contributed by atoms with van der Waals surface area (Å²) in [6.45, 7) is 4.44. The Labute approximate surface area is 172 Å². The highest BCUT2D eigenvalue weighted by molar-refractivity contribution is 5.91. The van der Waals surface area contributed by atoms with Crippen LogP contribution in [0, 0.1) is 0 Å². The Morgan fingerprint density at radius 1 is 1.00 bits per heavy atom. The molecule has 0 saturated heterocycles. The topological polar surface area (TPSA) is 77.4 Å². The van der Waals surface area contributed by atoms with E-state index in [0.29, 0.717) is 23.7 Å². The fraction of sp³-hybridized carbons (Fsp3) is 0.273. The quantitative estimate of drug-likeness (QED) is 0.516. The van der Waals surface area contributed by atoms with Crippen molar-refractivity contribution in [1.29, 1.82) is 0 Å². The highest BCUT2D eigenvalue weighted by Gasteiger charge is 2.30. The van der Waals surface area contributed by atoms with Gasteiger partial charge < -0.3 is 0 Å². The fourth-order valence-electron chi connectivity index (χ4n) is 4.16. The van der Waals surface area contributed by atoms with Crippen LogP contribution in [0.5, 0.6) is 0 Å². The Morgan fingerprint density at radius 2 is 1.73 bits per heavy atom. The highest BCUT2D eigenvalue weighted by atomic mass is 16.2. The van der Waals surface area contributed by atoms with Gasteiger partial charge >= 0.3 is 5.69 Å². The van der Waals surface area contributed by atoms with Gasteiger partial charge in [-0.3, -0.25) is 18.5 Å². The Hall–Kier alpha value is -3.68. The number of aryl methyl sites for hydroxylation is 1. The molecule has 0 bridgehead atoms. The molecule has 152 valence electrons. The van der Waals surface area contributed by atoms with Gasteiger partial charge in [0.05, 0.1) is 18.3 Å². The lowest BCUT2D eigenvalue weighted by molar-refractivity contribution is 0.634. The van der Waals surface area contributed by atoms with Gasteiger partial charge in [-0.2, -0.15) is 10.1 Å². The van der Waals surface area contributed by atoms with Gasteiger partial charge in [-0.25, -0.2) is 9.80 Å². The number of benzene rings is 2. The molecule has 4 aromatic rings. The molecular formula is C22H22N6O2. The molecule has 0 saturated carbocycles. The lowest BCUT2D eigenvalue weighted by atomic mass is 10.0. The summed E-state index contributed by atoms with van der Waals surface area (Å²) in [6, 6.07) is 14.3. The van der Waals surface area contributed by atoms with Crippen LogP contribution in [0.1, 0.15) is 25.5 Å². The van der Waals surface area contributed by atoms with E-state index in [9.17, 15) is 9.59 Å². The normalized spacial score (nSPS) is 16.2. The Morgan fingerprint density at radius 3 is 2.53 bits per heavy atom. The molecule has 5 rings (SSSR count). The molecule has 0 aliphatic carbocycles. The van der Waals surface area contributed by atoms with Crippen molar-refractivity contribution in [2.75, 3.05) is 5.01 Å². The zero-order chi connectivity index (χ0) is 21.2. The van der Waals surface area contributed by atoms with Crippen LogP contribution in [-0.4, -0.2) is 24.4 Å². The van der Waals surface area contributed by atoms with E-state index in [2.05, 4.69) is 29.2 Å². The van der Waals surface area contributed by atoms with E-state index in [4.69, 9.17) is 5.10 Å². The maximum absolute atomic E-state index is 13.0. The third kappa shape index (κ3) is 2.46. The number of aromatic nitrogens is 4. The van der Waals surface area contributed by atoms with Crippen LogP contribution in [0.15, 0.2) is 57.2 Å². The van der Waals surface area contributed by atoms with Crippen LogP contribution >= 0.6 is 0 Å². The summed E-state index contributed by atoms with van der Waals surface area (Å²) in [7, 11) is 3.13. The van der Waals surface area contributed by atoms with Crippen LogP contribution < -0.4 is 16.3 Å². The average Bonchev–Trinajstić information content (AvgIpc) is 3.16. The summed E-state index contributed by atoms with van der Waals surface area (Å²) in [4.78, 5) is 30.1. The summed E-state index contributed by atoms with van der Waals surface area (Å²) >= 11 is 0. The van der Waals surface area contributed by atoms with Gasteiger partial charge in [-0.1, -0.05) is 42.5 Å². The van der Waals surface area contributed by atoms with Crippen molar-refractivity contribution in [2.24, 2.45) is 19.2 Å². The minimum absolute atomic E-state index is 0.140. The van der Waals surface area contributed by atoms with E-state index < -0.39 is 5.69 Å². The summed E-state index contributed by atoms with van der Waals surface area (Å²) in [5.41, 5.74) is 2.03. The van der Waals surface area contributed by atoms with Gasteiger partial charge in [0, 0.05) is 14.1 Å². The van der Waals surface area contributed by atoms with E-state index >= 15 is 0 Å². The van der Waals surface area contributed by atoms with E-state index in [1.54, 1.807) is 7.05 Å². The average molecular weight is 402 g/mol. The van der Waals surface area contributed by atoms with Crippen molar-refractivity contribution in [2.45, 2.75) is 26.4 Å². The van der Waals surface area contributed by atoms with Crippen molar-refractivity contribution in [3.63, 3.8) is 0 Å². The van der Waals surface area contributed by atoms with Crippen LogP contribution in [-0.2, 0) is 20.6 Å². The monoisotopic (exact) mass is 402 g/mol. The largest absolute Gasteiger partial charge is 0.332 e. The van der Waals surface area contributed by atoms with Gasteiger partial charge in [0.25, 0.3) is 5.56 Å². The Kier molecular flexibility index (Phi) is 3.92. The van der Waals surface area contributed by atoms with Crippen molar-refractivity contribution in [3.05, 3.63) is 68.9 Å². The lowest BCUT2D eigenvalue weighted by Gasteiger charge is -2.29. The summed E-state index contributed by atoms with van der Waals surface area (Å²) in [5.74, 6) is 0.564. The first-order valence-corrected chi connectivity index (χ1v) is 9.85. The zero-order valence-corrected chi connectivity index (χ0v) is 17.3. The predicted molar refractivity (Wildman–Crippen MR) is 118 cm³/mol. The molecule has 0 amide bonds. The standard InChI is InChI=1S/C22H22N6O2/c1-13-14(2)28-18-19(25(3)22(30)26(4)20(18)29)23-21(28)27(24-13)12-16-10-7-9-15-8-5-6-11-17(15)16/h5-11,14H,12H2,1-4H3/t14-/m1/s1. The van der Waals surface area contributed by atoms with Crippen LogP contribution in [0.4, 0.5) is 5.95 Å². The number of rotatable bonds is 2. The predicted octanol–water partition coefficient (Wildman–Crippen LogP) is 2.54. The highest BCUT2D eigenvalue weighted by Crippen LogP contribution is 2.31. The van der Waals surface area contributed by atoms with E-state index in [-0.39, 0.29) is 11.6 Å². The summed E-state index contributed by atoms with van der Waals surface area (Å²) in [5, 5.41) is 8.91. The van der Waals surface area contributed by atoms with Gasteiger partial charge in [0.15, 0.2) is 11.2 Å². The Bertz CT molecular complexity index is 1470. The smallest absolute Gasteiger partial charge is 0.294 e. The minimum atomic E-state index is -0.395. The molecule has 30 heavy (non-hydrogen) atoms. The molecule has 0 unspecified atom stereocenters. The van der Waals surface area contributed by atoms with Gasteiger partial charge in [-0.15, -0.1) is 0 Å². The van der Waals surface area contributed by atoms with Gasteiger partial charge in [0.2, 0.25) is 5.95 Å². The van der Waals surface area contributed by atoms with Gasteiger partial charge in [0.1, 0.15) is 0 Å². The summed E-state index contributed by atoms with van der Waals surface area (Å²) in [6.07, 6.45) is 0. The zero-order valence-electron chi connectivity index (χ0n) is 17.3. The van der Waals surface area contributed by atoms with Crippen LogP contribution in [0.2, 0.25) is 0 Å². The number of imidazole rings is 1. The molecule has 1 aliphatic rings. The molecule has 0 spiro atoms.